The Balaban J connectivity index is 1.97. The third-order valence-corrected chi connectivity index (χ3v) is 3.68. The monoisotopic (exact) mass is 354 g/mol. The minimum absolute atomic E-state index is 0.0517. The zero-order chi connectivity index (χ0) is 18.5. The molecule has 3 aromatic rings. The molecule has 0 aliphatic rings. The van der Waals surface area contributed by atoms with E-state index in [1.54, 1.807) is 35.9 Å². The Kier molecular flexibility index (Phi) is 5.26. The lowest BCUT2D eigenvalue weighted by Gasteiger charge is -2.08. The third-order valence-electron chi connectivity index (χ3n) is 3.68. The second-order valence-corrected chi connectivity index (χ2v) is 5.52. The van der Waals surface area contributed by atoms with Gasteiger partial charge in [0.15, 0.2) is 5.82 Å². The predicted octanol–water partition coefficient (Wildman–Crippen LogP) is 3.82. The number of anilines is 1. The molecule has 1 N–H and O–H groups in total. The molecule has 0 bridgehead atoms. The second kappa shape index (κ2) is 7.77. The lowest BCUT2D eigenvalue weighted by atomic mass is 10.2. The van der Waals surface area contributed by atoms with Crippen LogP contribution in [0.2, 0.25) is 0 Å². The summed E-state index contributed by atoms with van der Waals surface area (Å²) in [5.41, 5.74) is 2.17. The minimum Gasteiger partial charge on any atom is -0.463 e. The maximum atomic E-state index is 13.2. The quantitative estimate of drug-likeness (QED) is 0.731. The van der Waals surface area contributed by atoms with Gasteiger partial charge in [0.25, 0.3) is 0 Å². The van der Waals surface area contributed by atoms with Crippen molar-refractivity contribution in [3.05, 3.63) is 54.3 Å². The van der Waals surface area contributed by atoms with Crippen LogP contribution >= 0.6 is 0 Å². The van der Waals surface area contributed by atoms with Gasteiger partial charge in [0.2, 0.25) is 5.91 Å². The van der Waals surface area contributed by atoms with Crippen molar-refractivity contribution in [2.45, 2.75) is 20.3 Å². The average Bonchev–Trinajstić information content (AvgIpc) is 3.07. The van der Waals surface area contributed by atoms with Gasteiger partial charge in [-0.25, -0.2) is 9.07 Å². The molecule has 0 fully saturated rings. The standard InChI is InChI=1S/C19H19FN4O2/c1-3-17(25)21-15-9-11-16(12-10-15)24-18(22-19(23-24)26-4-2)13-5-7-14(20)8-6-13/h5-12H,3-4H2,1-2H3,(H,21,25). The number of nitrogens with one attached hydrogen (secondary N) is 1. The molecule has 134 valence electrons. The number of carbonyl (C=O) groups excluding carboxylic acids is 1. The molecule has 1 heterocycles. The van der Waals surface area contributed by atoms with Crippen LogP contribution in [0, 0.1) is 5.82 Å². The summed E-state index contributed by atoms with van der Waals surface area (Å²) in [5.74, 6) is 0.170. The van der Waals surface area contributed by atoms with E-state index in [9.17, 15) is 9.18 Å². The first-order valence-electron chi connectivity index (χ1n) is 8.36. The molecule has 0 spiro atoms. The van der Waals surface area contributed by atoms with Crippen molar-refractivity contribution in [3.63, 3.8) is 0 Å². The lowest BCUT2D eigenvalue weighted by Crippen LogP contribution is -2.09. The highest BCUT2D eigenvalue weighted by Gasteiger charge is 2.15. The van der Waals surface area contributed by atoms with E-state index < -0.39 is 0 Å². The summed E-state index contributed by atoms with van der Waals surface area (Å²) in [4.78, 5) is 15.9. The number of nitrogens with zero attached hydrogens (tertiary/aromatic N) is 3. The Morgan fingerprint density at radius 2 is 1.81 bits per heavy atom. The molecule has 6 nitrogen and oxygen atoms in total. The predicted molar refractivity (Wildman–Crippen MR) is 96.8 cm³/mol. The molecule has 26 heavy (non-hydrogen) atoms. The normalized spacial score (nSPS) is 10.6. The average molecular weight is 354 g/mol. The van der Waals surface area contributed by atoms with Gasteiger partial charge in [-0.05, 0) is 55.5 Å². The molecule has 0 radical (unpaired) electrons. The molecule has 0 atom stereocenters. The van der Waals surface area contributed by atoms with Gasteiger partial charge in [-0.1, -0.05) is 6.92 Å². The summed E-state index contributed by atoms with van der Waals surface area (Å²) in [6.45, 7) is 4.08. The van der Waals surface area contributed by atoms with Crippen LogP contribution in [0.3, 0.4) is 0 Å². The maximum absolute atomic E-state index is 13.2. The van der Waals surface area contributed by atoms with Gasteiger partial charge >= 0.3 is 6.01 Å². The topological polar surface area (TPSA) is 69.0 Å². The fourth-order valence-electron chi connectivity index (χ4n) is 2.38. The summed E-state index contributed by atoms with van der Waals surface area (Å²) in [6.07, 6.45) is 0.414. The summed E-state index contributed by atoms with van der Waals surface area (Å²) in [6, 6.07) is 13.5. The molecule has 0 aliphatic carbocycles. The van der Waals surface area contributed by atoms with Crippen molar-refractivity contribution in [3.8, 4) is 23.1 Å². The number of benzene rings is 2. The molecule has 2 aromatic carbocycles. The van der Waals surface area contributed by atoms with E-state index in [0.29, 0.717) is 30.1 Å². The number of ether oxygens (including phenoxy) is 1. The van der Waals surface area contributed by atoms with Gasteiger partial charge in [-0.15, -0.1) is 5.10 Å². The molecule has 3 rings (SSSR count). The number of rotatable bonds is 6. The van der Waals surface area contributed by atoms with Crippen LogP contribution in [0.4, 0.5) is 10.1 Å². The molecule has 0 saturated carbocycles. The summed E-state index contributed by atoms with van der Waals surface area (Å²) >= 11 is 0. The Hall–Kier alpha value is -3.22. The first-order valence-corrected chi connectivity index (χ1v) is 8.36. The maximum Gasteiger partial charge on any atom is 0.336 e. The number of halogens is 1. The first-order chi connectivity index (χ1) is 12.6. The van der Waals surface area contributed by atoms with E-state index >= 15 is 0 Å². The third kappa shape index (κ3) is 3.88. The van der Waals surface area contributed by atoms with Crippen molar-refractivity contribution >= 4 is 11.6 Å². The number of carbonyl (C=O) groups is 1. The van der Waals surface area contributed by atoms with Gasteiger partial charge in [-0.3, -0.25) is 4.79 Å². The van der Waals surface area contributed by atoms with Gasteiger partial charge < -0.3 is 10.1 Å². The van der Waals surface area contributed by atoms with Crippen LogP contribution in [0.5, 0.6) is 6.01 Å². The van der Waals surface area contributed by atoms with Crippen LogP contribution in [-0.4, -0.2) is 27.3 Å². The summed E-state index contributed by atoms with van der Waals surface area (Å²) in [7, 11) is 0. The highest BCUT2D eigenvalue weighted by atomic mass is 19.1. The molecule has 0 aliphatic heterocycles. The molecule has 0 saturated heterocycles. The van der Waals surface area contributed by atoms with Gasteiger partial charge in [-0.2, -0.15) is 4.98 Å². The SMILES string of the molecule is CCOc1nc(-c2ccc(F)cc2)n(-c2ccc(NC(=O)CC)cc2)n1. The van der Waals surface area contributed by atoms with Crippen molar-refractivity contribution in [2.24, 2.45) is 0 Å². The van der Waals surface area contributed by atoms with Crippen LogP contribution in [0.1, 0.15) is 20.3 Å². The zero-order valence-corrected chi connectivity index (χ0v) is 14.6. The van der Waals surface area contributed by atoms with Crippen LogP contribution < -0.4 is 10.1 Å². The fraction of sp³-hybridized carbons (Fsp3) is 0.211. The minimum atomic E-state index is -0.319. The van der Waals surface area contributed by atoms with E-state index in [0.717, 1.165) is 5.69 Å². The van der Waals surface area contributed by atoms with Crippen LogP contribution in [0.15, 0.2) is 48.5 Å². The van der Waals surface area contributed by atoms with Gasteiger partial charge in [0, 0.05) is 17.7 Å². The smallest absolute Gasteiger partial charge is 0.336 e. The number of hydrogen-bond donors (Lipinski definition) is 1. The largest absolute Gasteiger partial charge is 0.463 e. The molecule has 1 amide bonds. The van der Waals surface area contributed by atoms with Gasteiger partial charge in [0.1, 0.15) is 5.82 Å². The molecular weight excluding hydrogens is 335 g/mol. The Morgan fingerprint density at radius 3 is 2.42 bits per heavy atom. The number of amides is 1. The Labute approximate surface area is 150 Å². The van der Waals surface area contributed by atoms with E-state index in [1.807, 2.05) is 19.1 Å². The lowest BCUT2D eigenvalue weighted by molar-refractivity contribution is -0.115. The van der Waals surface area contributed by atoms with Crippen molar-refractivity contribution in [1.29, 1.82) is 0 Å². The van der Waals surface area contributed by atoms with Crippen molar-refractivity contribution in [2.75, 3.05) is 11.9 Å². The van der Waals surface area contributed by atoms with E-state index in [4.69, 9.17) is 4.74 Å². The van der Waals surface area contributed by atoms with Gasteiger partial charge in [0.05, 0.1) is 12.3 Å². The highest BCUT2D eigenvalue weighted by molar-refractivity contribution is 5.90. The Morgan fingerprint density at radius 1 is 1.12 bits per heavy atom. The summed E-state index contributed by atoms with van der Waals surface area (Å²) < 4.78 is 20.3. The van der Waals surface area contributed by atoms with E-state index in [2.05, 4.69) is 15.4 Å². The number of aromatic nitrogens is 3. The van der Waals surface area contributed by atoms with Crippen LogP contribution in [-0.2, 0) is 4.79 Å². The molecule has 0 unspecified atom stereocenters. The first kappa shape index (κ1) is 17.6. The molecule has 7 heteroatoms. The van der Waals surface area contributed by atoms with E-state index in [-0.39, 0.29) is 17.7 Å². The van der Waals surface area contributed by atoms with E-state index in [1.165, 1.54) is 12.1 Å². The molecule has 1 aromatic heterocycles. The molecular formula is C19H19FN4O2. The zero-order valence-electron chi connectivity index (χ0n) is 14.6. The Bertz CT molecular complexity index is 889. The second-order valence-electron chi connectivity index (χ2n) is 5.52. The summed E-state index contributed by atoms with van der Waals surface area (Å²) in [5, 5.41) is 7.18. The highest BCUT2D eigenvalue weighted by Crippen LogP contribution is 2.24. The fourth-order valence-corrected chi connectivity index (χ4v) is 2.38. The van der Waals surface area contributed by atoms with Crippen LogP contribution in [0.25, 0.3) is 17.1 Å². The number of hydrogen-bond acceptors (Lipinski definition) is 4. The van der Waals surface area contributed by atoms with Crippen molar-refractivity contribution < 1.29 is 13.9 Å². The van der Waals surface area contributed by atoms with Crippen molar-refractivity contribution in [1.82, 2.24) is 14.8 Å².